The molecule has 1 aliphatic heterocycles. The zero-order valence-corrected chi connectivity index (χ0v) is 17.7. The molecule has 1 aromatic heterocycles. The van der Waals surface area contributed by atoms with Crippen LogP contribution >= 0.6 is 0 Å². The van der Waals surface area contributed by atoms with Crippen LogP contribution in [0.1, 0.15) is 36.8 Å². The highest BCUT2D eigenvalue weighted by atomic mass is 16.2. The summed E-state index contributed by atoms with van der Waals surface area (Å²) in [5, 5.41) is 4.47. The minimum Gasteiger partial charge on any atom is -0.342 e. The van der Waals surface area contributed by atoms with Gasteiger partial charge in [-0.1, -0.05) is 25.1 Å². The number of hydrogen-bond donors (Lipinski definition) is 0. The van der Waals surface area contributed by atoms with Crippen LogP contribution in [-0.2, 0) is 11.2 Å². The van der Waals surface area contributed by atoms with Crippen LogP contribution in [0.3, 0.4) is 0 Å². The van der Waals surface area contributed by atoms with Crippen molar-refractivity contribution in [2.45, 2.75) is 27.2 Å². The summed E-state index contributed by atoms with van der Waals surface area (Å²) in [5.41, 5.74) is 2.56. The number of likely N-dealkylation sites (N-methyl/N-ethyl adjacent to an activating group) is 1. The summed E-state index contributed by atoms with van der Waals surface area (Å²) in [7, 11) is 0. The van der Waals surface area contributed by atoms with E-state index in [0.29, 0.717) is 38.3 Å². The van der Waals surface area contributed by atoms with Gasteiger partial charge in [-0.25, -0.2) is 4.68 Å². The molecule has 0 radical (unpaired) electrons. The Morgan fingerprint density at radius 2 is 1.66 bits per heavy atom. The number of carbonyl (C=O) groups excluding carboxylic acids is 2. The molecular weight excluding hydrogens is 366 g/mol. The van der Waals surface area contributed by atoms with Crippen LogP contribution in [-0.4, -0.2) is 82.1 Å². The summed E-state index contributed by atoms with van der Waals surface area (Å²) in [5.74, 6) is 0.186. The van der Waals surface area contributed by atoms with E-state index in [-0.39, 0.29) is 11.8 Å². The predicted molar refractivity (Wildman–Crippen MR) is 113 cm³/mol. The van der Waals surface area contributed by atoms with E-state index >= 15 is 0 Å². The molecule has 1 aromatic carbocycles. The minimum absolute atomic E-state index is 0.0266. The lowest BCUT2D eigenvalue weighted by atomic mass is 10.1. The first-order chi connectivity index (χ1) is 14.1. The van der Waals surface area contributed by atoms with Gasteiger partial charge in [0.15, 0.2) is 0 Å². The third-order valence-electron chi connectivity index (χ3n) is 5.57. The van der Waals surface area contributed by atoms with Crippen LogP contribution in [0.2, 0.25) is 0 Å². The highest BCUT2D eigenvalue weighted by molar-refractivity contribution is 5.95. The lowest BCUT2D eigenvalue weighted by Crippen LogP contribution is -2.51. The van der Waals surface area contributed by atoms with Gasteiger partial charge in [0, 0.05) is 39.3 Å². The second kappa shape index (κ2) is 9.69. The molecule has 3 rings (SSSR count). The zero-order valence-electron chi connectivity index (χ0n) is 17.7. The summed E-state index contributed by atoms with van der Waals surface area (Å²) in [6, 6.07) is 9.89. The molecule has 7 heteroatoms. The summed E-state index contributed by atoms with van der Waals surface area (Å²) in [4.78, 5) is 31.3. The Labute approximate surface area is 172 Å². The molecule has 0 spiro atoms. The van der Waals surface area contributed by atoms with Crippen LogP contribution in [0, 0.1) is 0 Å². The van der Waals surface area contributed by atoms with Crippen LogP contribution < -0.4 is 0 Å². The van der Waals surface area contributed by atoms with Crippen LogP contribution in [0.15, 0.2) is 36.5 Å². The average molecular weight is 398 g/mol. The number of piperazine rings is 1. The molecular formula is C22H31N5O2. The van der Waals surface area contributed by atoms with Gasteiger partial charge in [0.05, 0.1) is 29.7 Å². The second-order valence-corrected chi connectivity index (χ2v) is 7.24. The Bertz CT molecular complexity index is 821. The molecule has 0 atom stereocenters. The number of amides is 2. The van der Waals surface area contributed by atoms with Crippen molar-refractivity contribution >= 4 is 11.8 Å². The smallest absolute Gasteiger partial charge is 0.257 e. The van der Waals surface area contributed by atoms with Gasteiger partial charge in [-0.3, -0.25) is 14.5 Å². The molecule has 2 heterocycles. The van der Waals surface area contributed by atoms with E-state index in [0.717, 1.165) is 30.9 Å². The van der Waals surface area contributed by atoms with Gasteiger partial charge < -0.3 is 9.80 Å². The number of para-hydroxylation sites is 1. The predicted octanol–water partition coefficient (Wildman–Crippen LogP) is 2.06. The van der Waals surface area contributed by atoms with Crippen molar-refractivity contribution in [3.63, 3.8) is 0 Å². The third-order valence-corrected chi connectivity index (χ3v) is 5.57. The van der Waals surface area contributed by atoms with E-state index in [4.69, 9.17) is 0 Å². The molecule has 7 nitrogen and oxygen atoms in total. The van der Waals surface area contributed by atoms with Crippen molar-refractivity contribution in [3.8, 4) is 5.69 Å². The first-order valence-corrected chi connectivity index (χ1v) is 10.5. The van der Waals surface area contributed by atoms with Crippen molar-refractivity contribution < 1.29 is 9.59 Å². The Hall–Kier alpha value is -2.67. The normalized spacial score (nSPS) is 14.8. The molecule has 29 heavy (non-hydrogen) atoms. The van der Waals surface area contributed by atoms with Crippen LogP contribution in [0.25, 0.3) is 5.69 Å². The summed E-state index contributed by atoms with van der Waals surface area (Å²) in [6.07, 6.45) is 2.42. The SMILES string of the molecule is CCc1c(C(=O)N2CCN(CC(=O)N(CC)CC)CC2)cnn1-c1ccccc1. The highest BCUT2D eigenvalue weighted by Crippen LogP contribution is 2.18. The third kappa shape index (κ3) is 4.67. The van der Waals surface area contributed by atoms with Crippen molar-refractivity contribution in [2.24, 2.45) is 0 Å². The van der Waals surface area contributed by atoms with Gasteiger partial charge in [-0.15, -0.1) is 0 Å². The molecule has 0 bridgehead atoms. The topological polar surface area (TPSA) is 61.7 Å². The van der Waals surface area contributed by atoms with Crippen LogP contribution in [0.5, 0.6) is 0 Å². The first-order valence-electron chi connectivity index (χ1n) is 10.5. The molecule has 0 N–H and O–H groups in total. The average Bonchev–Trinajstić information content (AvgIpc) is 3.19. The Balaban J connectivity index is 1.64. The van der Waals surface area contributed by atoms with E-state index in [1.165, 1.54) is 0 Å². The first kappa shape index (κ1) is 21.0. The van der Waals surface area contributed by atoms with E-state index in [1.54, 1.807) is 6.20 Å². The fourth-order valence-corrected chi connectivity index (χ4v) is 3.83. The molecule has 1 aliphatic rings. The number of rotatable bonds is 7. The van der Waals surface area contributed by atoms with Crippen LogP contribution in [0.4, 0.5) is 0 Å². The van der Waals surface area contributed by atoms with Crippen molar-refractivity contribution in [2.75, 3.05) is 45.8 Å². The lowest BCUT2D eigenvalue weighted by molar-refractivity contribution is -0.132. The molecule has 0 saturated carbocycles. The molecule has 2 aromatic rings. The standard InChI is InChI=1S/C22H31N5O2/c1-4-20-19(16-23-27(20)18-10-8-7-9-11-18)22(29)26-14-12-24(13-15-26)17-21(28)25(5-2)6-3/h7-11,16H,4-6,12-15,17H2,1-3H3. The van der Waals surface area contributed by atoms with Gasteiger partial charge in [0.2, 0.25) is 5.91 Å². The van der Waals surface area contributed by atoms with E-state index in [1.807, 2.05) is 65.6 Å². The molecule has 1 saturated heterocycles. The fraction of sp³-hybridized carbons (Fsp3) is 0.500. The number of carbonyl (C=O) groups is 2. The van der Waals surface area contributed by atoms with Gasteiger partial charge >= 0.3 is 0 Å². The maximum atomic E-state index is 13.1. The highest BCUT2D eigenvalue weighted by Gasteiger charge is 2.27. The maximum absolute atomic E-state index is 13.1. The molecule has 1 fully saturated rings. The van der Waals surface area contributed by atoms with Gasteiger partial charge in [0.1, 0.15) is 0 Å². The van der Waals surface area contributed by atoms with Gasteiger partial charge in [-0.05, 0) is 32.4 Å². The Morgan fingerprint density at radius 3 is 2.24 bits per heavy atom. The Morgan fingerprint density at radius 1 is 1.00 bits per heavy atom. The number of aromatic nitrogens is 2. The van der Waals surface area contributed by atoms with Crippen molar-refractivity contribution in [1.29, 1.82) is 0 Å². The number of hydrogen-bond acceptors (Lipinski definition) is 4. The molecule has 156 valence electrons. The van der Waals surface area contributed by atoms with Gasteiger partial charge in [-0.2, -0.15) is 5.10 Å². The van der Waals surface area contributed by atoms with Crippen molar-refractivity contribution in [3.05, 3.63) is 47.8 Å². The molecule has 0 aliphatic carbocycles. The summed E-state index contributed by atoms with van der Waals surface area (Å²) < 4.78 is 1.85. The van der Waals surface area contributed by atoms with Crippen molar-refractivity contribution in [1.82, 2.24) is 24.5 Å². The minimum atomic E-state index is 0.0266. The monoisotopic (exact) mass is 397 g/mol. The van der Waals surface area contributed by atoms with Gasteiger partial charge in [0.25, 0.3) is 5.91 Å². The second-order valence-electron chi connectivity index (χ2n) is 7.24. The maximum Gasteiger partial charge on any atom is 0.257 e. The molecule has 0 unspecified atom stereocenters. The van der Waals surface area contributed by atoms with E-state index < -0.39 is 0 Å². The number of benzene rings is 1. The molecule has 2 amide bonds. The number of nitrogens with zero attached hydrogens (tertiary/aromatic N) is 5. The summed E-state index contributed by atoms with van der Waals surface area (Å²) in [6.45, 7) is 10.6. The van der Waals surface area contributed by atoms with E-state index in [9.17, 15) is 9.59 Å². The quantitative estimate of drug-likeness (QED) is 0.718. The zero-order chi connectivity index (χ0) is 20.8. The fourth-order valence-electron chi connectivity index (χ4n) is 3.83. The summed E-state index contributed by atoms with van der Waals surface area (Å²) >= 11 is 0. The largest absolute Gasteiger partial charge is 0.342 e. The van der Waals surface area contributed by atoms with E-state index in [2.05, 4.69) is 10.00 Å². The Kier molecular flexibility index (Phi) is 7.04. The lowest BCUT2D eigenvalue weighted by Gasteiger charge is -2.35.